The molecule has 0 saturated carbocycles. The van der Waals surface area contributed by atoms with E-state index in [-0.39, 0.29) is 36.4 Å². The Morgan fingerprint density at radius 3 is 2.24 bits per heavy atom. The van der Waals surface area contributed by atoms with Gasteiger partial charge < -0.3 is 20.1 Å². The molecule has 1 unspecified atom stereocenters. The van der Waals surface area contributed by atoms with Crippen LogP contribution in [-0.2, 0) is 35.6 Å². The van der Waals surface area contributed by atoms with Crippen LogP contribution in [0.15, 0.2) is 29.1 Å². The largest absolute Gasteiger partial charge is 0.501 e. The number of carbonyl (C=O) groups is 2. The Morgan fingerprint density at radius 2 is 1.71 bits per heavy atom. The maximum Gasteiger partial charge on any atom is 0.410 e. The lowest BCUT2D eigenvalue weighted by Crippen LogP contribution is -2.41. The average Bonchev–Trinajstić information content (AvgIpc) is 2.84. The summed E-state index contributed by atoms with van der Waals surface area (Å²) in [6, 6.07) is 3.83. The van der Waals surface area contributed by atoms with E-state index in [2.05, 4.69) is 10.3 Å². The van der Waals surface area contributed by atoms with Gasteiger partial charge in [0.25, 0.3) is 16.0 Å². The van der Waals surface area contributed by atoms with E-state index in [0.717, 1.165) is 11.2 Å². The van der Waals surface area contributed by atoms with E-state index < -0.39 is 72.4 Å². The summed E-state index contributed by atoms with van der Waals surface area (Å²) >= 11 is 0. The fraction of sp³-hybridized carbons (Fsp3) is 0.520. The molecule has 0 aliphatic carbocycles. The van der Waals surface area contributed by atoms with Gasteiger partial charge in [0.1, 0.15) is 11.4 Å². The number of ether oxygens (including phenoxy) is 1. The third-order valence-corrected chi connectivity index (χ3v) is 7.19. The molecule has 14 nitrogen and oxygen atoms in total. The van der Waals surface area contributed by atoms with Crippen LogP contribution < -0.4 is 10.9 Å². The molecule has 0 fully saturated rings. The molecule has 1 atom stereocenters. The molecular formula is C25H35FN4O10S2. The summed E-state index contributed by atoms with van der Waals surface area (Å²) in [7, 11) is -6.90. The molecule has 0 spiro atoms. The monoisotopic (exact) mass is 634 g/mol. The van der Waals surface area contributed by atoms with E-state index in [1.54, 1.807) is 20.8 Å². The van der Waals surface area contributed by atoms with Crippen LogP contribution in [-0.4, -0.2) is 79.6 Å². The fourth-order valence-corrected chi connectivity index (χ4v) is 4.99. The molecule has 0 aliphatic heterocycles. The highest BCUT2D eigenvalue weighted by atomic mass is 32.2. The van der Waals surface area contributed by atoms with Gasteiger partial charge in [-0.05, 0) is 57.7 Å². The van der Waals surface area contributed by atoms with Crippen molar-refractivity contribution in [2.45, 2.75) is 58.2 Å². The van der Waals surface area contributed by atoms with Gasteiger partial charge in [-0.15, -0.1) is 0 Å². The Bertz CT molecular complexity index is 1570. The summed E-state index contributed by atoms with van der Waals surface area (Å²) in [5.74, 6) is -3.36. The number of carbonyl (C=O) groups excluding carboxylic acids is 2. The van der Waals surface area contributed by atoms with Crippen molar-refractivity contribution in [3.05, 3.63) is 57.5 Å². The number of hydrogen-bond donors (Lipinski definition) is 2. The number of nitrogens with one attached hydrogen (secondary N) is 1. The van der Waals surface area contributed by atoms with Crippen LogP contribution >= 0.6 is 0 Å². The quantitative estimate of drug-likeness (QED) is 0.256. The smallest absolute Gasteiger partial charge is 0.410 e. The van der Waals surface area contributed by atoms with E-state index in [1.165, 1.54) is 31.3 Å². The molecule has 17 heteroatoms. The first-order valence-corrected chi connectivity index (χ1v) is 16.3. The first kappa shape index (κ1) is 34.6. The lowest BCUT2D eigenvalue weighted by Gasteiger charge is -2.31. The molecule has 2 aromatic rings. The van der Waals surface area contributed by atoms with Crippen LogP contribution in [0, 0.1) is 5.82 Å². The summed E-state index contributed by atoms with van der Waals surface area (Å²) in [4.78, 5) is 44.2. The first-order valence-electron chi connectivity index (χ1n) is 12.6. The van der Waals surface area contributed by atoms with Crippen LogP contribution in [0.5, 0.6) is 5.75 Å². The van der Waals surface area contributed by atoms with Gasteiger partial charge in [-0.2, -0.15) is 12.4 Å². The van der Waals surface area contributed by atoms with Crippen molar-refractivity contribution >= 4 is 32.1 Å². The van der Waals surface area contributed by atoms with E-state index in [4.69, 9.17) is 8.92 Å². The van der Waals surface area contributed by atoms with E-state index >= 15 is 0 Å². The van der Waals surface area contributed by atoms with Gasteiger partial charge in [0.05, 0.1) is 25.2 Å². The zero-order chi connectivity index (χ0) is 32.0. The summed E-state index contributed by atoms with van der Waals surface area (Å²) in [5.41, 5.74) is -2.76. The zero-order valence-electron chi connectivity index (χ0n) is 24.1. The number of aromatic nitrogens is 2. The van der Waals surface area contributed by atoms with Gasteiger partial charge in [0.15, 0.2) is 11.5 Å². The topological polar surface area (TPSA) is 191 Å². The first-order chi connectivity index (χ1) is 19.2. The Kier molecular flexibility index (Phi) is 11.2. The normalized spacial score (nSPS) is 12.9. The summed E-state index contributed by atoms with van der Waals surface area (Å²) in [5, 5.41) is 12.9. The maximum absolute atomic E-state index is 13.2. The van der Waals surface area contributed by atoms with E-state index in [0.29, 0.717) is 11.8 Å². The second-order valence-corrected chi connectivity index (χ2v) is 13.9. The van der Waals surface area contributed by atoms with Gasteiger partial charge in [0, 0.05) is 13.6 Å². The Morgan fingerprint density at radius 1 is 1.12 bits per heavy atom. The van der Waals surface area contributed by atoms with Crippen molar-refractivity contribution in [3.8, 4) is 5.75 Å². The van der Waals surface area contributed by atoms with Crippen molar-refractivity contribution in [2.24, 2.45) is 0 Å². The molecule has 2 N–H and O–H groups in total. The summed E-state index contributed by atoms with van der Waals surface area (Å²) in [6.45, 7) is 4.45. The molecule has 0 radical (unpaired) electrons. The van der Waals surface area contributed by atoms with Crippen LogP contribution in [0.2, 0.25) is 0 Å². The highest BCUT2D eigenvalue weighted by molar-refractivity contribution is 7.89. The summed E-state index contributed by atoms with van der Waals surface area (Å²) in [6.07, 6.45) is 0.867. The van der Waals surface area contributed by atoms with Gasteiger partial charge >= 0.3 is 11.7 Å². The molecule has 0 bridgehead atoms. The molecule has 0 saturated heterocycles. The Balaban J connectivity index is 2.58. The number of hydrogen-bond acceptors (Lipinski definition) is 11. The van der Waals surface area contributed by atoms with Crippen LogP contribution in [0.1, 0.15) is 68.0 Å². The number of nitrogens with zero attached hydrogens (tertiary/aromatic N) is 3. The van der Waals surface area contributed by atoms with Crippen LogP contribution in [0.25, 0.3) is 0 Å². The van der Waals surface area contributed by atoms with E-state index in [9.17, 15) is 40.7 Å². The second-order valence-electron chi connectivity index (χ2n) is 10.4. The Hall–Kier alpha value is -3.57. The van der Waals surface area contributed by atoms with Crippen molar-refractivity contribution in [1.29, 1.82) is 0 Å². The zero-order valence-corrected chi connectivity index (χ0v) is 25.7. The third-order valence-electron chi connectivity index (χ3n) is 5.58. The molecule has 234 valence electrons. The fourth-order valence-electron chi connectivity index (χ4n) is 3.68. The molecule has 0 aliphatic rings. The minimum Gasteiger partial charge on any atom is -0.501 e. The molecule has 42 heavy (non-hydrogen) atoms. The minimum atomic E-state index is -4.45. The number of rotatable bonds is 12. The number of halogens is 1. The highest BCUT2D eigenvalue weighted by Gasteiger charge is 2.34. The lowest BCUT2D eigenvalue weighted by molar-refractivity contribution is 0.0199. The molecule has 1 aromatic heterocycles. The third kappa shape index (κ3) is 10.1. The van der Waals surface area contributed by atoms with Crippen molar-refractivity contribution in [3.63, 3.8) is 0 Å². The minimum absolute atomic E-state index is 0.0771. The number of benzene rings is 1. The van der Waals surface area contributed by atoms with Crippen LogP contribution in [0.4, 0.5) is 9.18 Å². The predicted octanol–water partition coefficient (Wildman–Crippen LogP) is 1.88. The van der Waals surface area contributed by atoms with Crippen molar-refractivity contribution in [2.75, 3.05) is 26.2 Å². The van der Waals surface area contributed by atoms with Crippen molar-refractivity contribution in [1.82, 2.24) is 19.2 Å². The standard InChI is InChI=1S/C25H35FN4O10S2/c1-25(2,3)40-24(34)29(4)18(9-7-8-14-39-42(6,37)38)21-28-19(20(31)23(33)30(21)41(5,35)36)22(32)27-15-16-10-12-17(26)13-11-16/h10-13,18,31H,7-9,14-15H2,1-6H3,(H,27,32). The number of aromatic hydroxyl groups is 1. The predicted molar refractivity (Wildman–Crippen MR) is 149 cm³/mol. The van der Waals surface area contributed by atoms with Gasteiger partial charge in [-0.3, -0.25) is 13.8 Å². The average molecular weight is 635 g/mol. The van der Waals surface area contributed by atoms with E-state index in [1.807, 2.05) is 0 Å². The molecule has 2 amide bonds. The maximum atomic E-state index is 13.2. The number of amides is 2. The van der Waals surface area contributed by atoms with Gasteiger partial charge in [-0.25, -0.2) is 22.6 Å². The van der Waals surface area contributed by atoms with Gasteiger partial charge in [-0.1, -0.05) is 12.1 Å². The van der Waals surface area contributed by atoms with Gasteiger partial charge in [0.2, 0.25) is 15.8 Å². The van der Waals surface area contributed by atoms with Crippen molar-refractivity contribution < 1.29 is 44.8 Å². The highest BCUT2D eigenvalue weighted by Crippen LogP contribution is 2.28. The molecule has 1 aromatic carbocycles. The second kappa shape index (κ2) is 13.6. The summed E-state index contributed by atoms with van der Waals surface area (Å²) < 4.78 is 71.5. The molecule has 1 heterocycles. The Labute approximate surface area is 243 Å². The lowest BCUT2D eigenvalue weighted by atomic mass is 10.1. The SMILES string of the molecule is CN(C(=O)OC(C)(C)C)C(CCCCOS(C)(=O)=O)c1nc(C(=O)NCc2ccc(F)cc2)c(O)c(=O)n1S(C)(=O)=O. The molecular weight excluding hydrogens is 599 g/mol. The van der Waals surface area contributed by atoms with Crippen LogP contribution in [0.3, 0.4) is 0 Å². The number of unbranched alkanes of at least 4 members (excludes halogenated alkanes) is 1. The molecule has 2 rings (SSSR count).